The first-order valence-corrected chi connectivity index (χ1v) is 10.5. The molecule has 5 aromatic rings. The summed E-state index contributed by atoms with van der Waals surface area (Å²) in [6.45, 7) is 2.08. The third-order valence-corrected chi connectivity index (χ3v) is 5.80. The predicted octanol–water partition coefficient (Wildman–Crippen LogP) is 6.07. The normalized spacial score (nSPS) is 11.3. The molecule has 0 aliphatic carbocycles. The van der Waals surface area contributed by atoms with E-state index in [0.29, 0.717) is 17.5 Å². The van der Waals surface area contributed by atoms with Gasteiger partial charge in [-0.2, -0.15) is 5.10 Å². The Morgan fingerprint density at radius 3 is 2.69 bits per heavy atom. The minimum atomic E-state index is -0.478. The third-order valence-electron chi connectivity index (χ3n) is 5.49. The van der Waals surface area contributed by atoms with Crippen LogP contribution in [0.2, 0.25) is 5.02 Å². The van der Waals surface area contributed by atoms with Crippen molar-refractivity contribution in [2.45, 2.75) is 6.92 Å². The first-order chi connectivity index (χ1) is 15.4. The second-order valence-electron chi connectivity index (χ2n) is 7.60. The van der Waals surface area contributed by atoms with E-state index in [4.69, 9.17) is 11.6 Å². The molecule has 0 saturated carbocycles. The molecule has 2 aromatic heterocycles. The van der Waals surface area contributed by atoms with Gasteiger partial charge in [-0.25, -0.2) is 14.4 Å². The van der Waals surface area contributed by atoms with Gasteiger partial charge in [0.05, 0.1) is 16.1 Å². The number of anilines is 3. The molecule has 0 unspecified atom stereocenters. The molecule has 2 heterocycles. The Morgan fingerprint density at radius 2 is 1.91 bits per heavy atom. The molecule has 2 N–H and O–H groups in total. The van der Waals surface area contributed by atoms with Gasteiger partial charge in [-0.05, 0) is 54.4 Å². The second-order valence-corrected chi connectivity index (χ2v) is 8.00. The summed E-state index contributed by atoms with van der Waals surface area (Å²) in [5.74, 6) is 0.756. The van der Waals surface area contributed by atoms with Gasteiger partial charge in [-0.15, -0.1) is 0 Å². The van der Waals surface area contributed by atoms with Crippen molar-refractivity contribution >= 4 is 50.9 Å². The molecule has 0 saturated heterocycles. The van der Waals surface area contributed by atoms with Crippen LogP contribution < -0.4 is 10.6 Å². The fraction of sp³-hybridized carbons (Fsp3) is 0.125. The number of halogens is 2. The smallest absolute Gasteiger partial charge is 0.222 e. The fourth-order valence-electron chi connectivity index (χ4n) is 3.95. The maximum atomic E-state index is 13.9. The van der Waals surface area contributed by atoms with Gasteiger partial charge < -0.3 is 10.6 Å². The summed E-state index contributed by atoms with van der Waals surface area (Å²) < 4.78 is 15.7. The van der Waals surface area contributed by atoms with Crippen LogP contribution >= 0.6 is 11.6 Å². The third kappa shape index (κ3) is 3.40. The molecule has 0 spiro atoms. The van der Waals surface area contributed by atoms with Crippen molar-refractivity contribution in [3.63, 3.8) is 0 Å². The molecule has 32 heavy (non-hydrogen) atoms. The lowest BCUT2D eigenvalue weighted by atomic mass is 9.96. The highest BCUT2D eigenvalue weighted by Gasteiger charge is 2.17. The average Bonchev–Trinajstić information content (AvgIpc) is 3.10. The number of aromatic nitrogens is 4. The van der Waals surface area contributed by atoms with Crippen LogP contribution in [0.4, 0.5) is 21.8 Å². The quantitative estimate of drug-likeness (QED) is 0.350. The number of aryl methyl sites for hydroxylation is 2. The monoisotopic (exact) mass is 446 g/mol. The van der Waals surface area contributed by atoms with Crippen molar-refractivity contribution in [3.05, 3.63) is 71.1 Å². The van der Waals surface area contributed by atoms with E-state index >= 15 is 0 Å². The second kappa shape index (κ2) is 7.76. The summed E-state index contributed by atoms with van der Waals surface area (Å²) in [6, 6.07) is 14.9. The van der Waals surface area contributed by atoms with Crippen molar-refractivity contribution in [2.75, 3.05) is 17.7 Å². The van der Waals surface area contributed by atoms with E-state index in [2.05, 4.69) is 50.8 Å². The lowest BCUT2D eigenvalue weighted by molar-refractivity contribution is 0.629. The summed E-state index contributed by atoms with van der Waals surface area (Å²) >= 11 is 5.81. The van der Waals surface area contributed by atoms with Crippen molar-refractivity contribution in [2.24, 2.45) is 7.05 Å². The highest BCUT2D eigenvalue weighted by atomic mass is 35.5. The lowest BCUT2D eigenvalue weighted by Crippen LogP contribution is -1.97. The number of rotatable bonds is 4. The van der Waals surface area contributed by atoms with Gasteiger partial charge in [0.25, 0.3) is 0 Å². The molecular formula is C24H20ClFN6. The van der Waals surface area contributed by atoms with E-state index in [1.807, 2.05) is 30.1 Å². The molecule has 6 nitrogen and oxygen atoms in total. The molecule has 0 fully saturated rings. The summed E-state index contributed by atoms with van der Waals surface area (Å²) in [5.41, 5.74) is 5.68. The average molecular weight is 447 g/mol. The Balaban J connectivity index is 1.64. The molecule has 0 atom stereocenters. The number of nitrogens with one attached hydrogen (secondary N) is 2. The number of hydrogen-bond donors (Lipinski definition) is 2. The van der Waals surface area contributed by atoms with Crippen LogP contribution in [0.25, 0.3) is 32.9 Å². The summed E-state index contributed by atoms with van der Waals surface area (Å²) in [6.07, 6.45) is 1.82. The van der Waals surface area contributed by atoms with E-state index in [9.17, 15) is 4.39 Å². The predicted molar refractivity (Wildman–Crippen MR) is 128 cm³/mol. The minimum Gasteiger partial charge on any atom is -0.357 e. The number of hydrogen-bond acceptors (Lipinski definition) is 5. The molecule has 3 aromatic carbocycles. The molecule has 160 valence electrons. The van der Waals surface area contributed by atoms with E-state index in [-0.39, 0.29) is 5.02 Å². The largest absolute Gasteiger partial charge is 0.357 e. The maximum absolute atomic E-state index is 13.9. The number of nitrogens with zero attached hydrogens (tertiary/aromatic N) is 4. The Labute approximate surface area is 189 Å². The minimum absolute atomic E-state index is 0.0847. The van der Waals surface area contributed by atoms with Gasteiger partial charge in [0.1, 0.15) is 5.82 Å². The van der Waals surface area contributed by atoms with Gasteiger partial charge in [-0.1, -0.05) is 23.7 Å². The van der Waals surface area contributed by atoms with Crippen molar-refractivity contribution in [1.29, 1.82) is 0 Å². The molecule has 5 rings (SSSR count). The van der Waals surface area contributed by atoms with Crippen LogP contribution in [0.1, 0.15) is 5.56 Å². The van der Waals surface area contributed by atoms with Gasteiger partial charge in [-0.3, -0.25) is 4.68 Å². The van der Waals surface area contributed by atoms with Gasteiger partial charge in [0, 0.05) is 42.3 Å². The van der Waals surface area contributed by atoms with Crippen LogP contribution in [0.5, 0.6) is 0 Å². The van der Waals surface area contributed by atoms with E-state index in [1.54, 1.807) is 13.1 Å². The van der Waals surface area contributed by atoms with E-state index < -0.39 is 5.82 Å². The zero-order valence-corrected chi connectivity index (χ0v) is 18.5. The highest BCUT2D eigenvalue weighted by molar-refractivity contribution is 6.30. The molecule has 0 bridgehead atoms. The molecular weight excluding hydrogens is 427 g/mol. The zero-order chi connectivity index (χ0) is 22.4. The first kappa shape index (κ1) is 20.2. The van der Waals surface area contributed by atoms with Gasteiger partial charge in [0.15, 0.2) is 5.82 Å². The first-order valence-electron chi connectivity index (χ1n) is 10.1. The SMILES string of the molecule is CNc1ncc2cc(-c3c(C)ccc4c(Nc5ccc(Cl)c(F)c5)nn(C)c34)ccc2n1. The van der Waals surface area contributed by atoms with Gasteiger partial charge in [0.2, 0.25) is 5.95 Å². The molecule has 0 aliphatic rings. The van der Waals surface area contributed by atoms with Crippen LogP contribution in [-0.4, -0.2) is 26.8 Å². The summed E-state index contributed by atoms with van der Waals surface area (Å²) in [7, 11) is 3.70. The fourth-order valence-corrected chi connectivity index (χ4v) is 4.07. The van der Waals surface area contributed by atoms with Crippen LogP contribution in [0, 0.1) is 12.7 Å². The molecule has 0 radical (unpaired) electrons. The van der Waals surface area contributed by atoms with Crippen LogP contribution in [0.3, 0.4) is 0 Å². The topological polar surface area (TPSA) is 67.7 Å². The van der Waals surface area contributed by atoms with Crippen LogP contribution in [-0.2, 0) is 7.05 Å². The van der Waals surface area contributed by atoms with E-state index in [0.717, 1.165) is 38.5 Å². The number of benzene rings is 3. The van der Waals surface area contributed by atoms with Crippen LogP contribution in [0.15, 0.2) is 54.7 Å². The maximum Gasteiger partial charge on any atom is 0.222 e. The Hall–Kier alpha value is -3.71. The molecule has 0 aliphatic heterocycles. The summed E-state index contributed by atoms with van der Waals surface area (Å²) in [4.78, 5) is 8.84. The number of fused-ring (bicyclic) bond motifs is 2. The van der Waals surface area contributed by atoms with Crippen molar-refractivity contribution < 1.29 is 4.39 Å². The Kier molecular flexibility index (Phi) is 4.90. The lowest BCUT2D eigenvalue weighted by Gasteiger charge is -2.11. The van der Waals surface area contributed by atoms with Crippen molar-refractivity contribution in [1.82, 2.24) is 19.7 Å². The van der Waals surface area contributed by atoms with Gasteiger partial charge >= 0.3 is 0 Å². The van der Waals surface area contributed by atoms with E-state index in [1.165, 1.54) is 12.1 Å². The molecule has 0 amide bonds. The zero-order valence-electron chi connectivity index (χ0n) is 17.7. The Bertz CT molecular complexity index is 1490. The molecule has 8 heteroatoms. The highest BCUT2D eigenvalue weighted by Crippen LogP contribution is 2.37. The standard InChI is InChI=1S/C24H20ClFN6/c1-13-4-7-17-22(32(3)31-23(17)29-16-6-8-18(25)19(26)11-16)21(13)14-5-9-20-15(10-14)12-28-24(27-2)30-20/h4-12H,1-3H3,(H,29,31)(H,27,28,30). The Morgan fingerprint density at radius 1 is 1.06 bits per heavy atom. The van der Waals surface area contributed by atoms with Crippen molar-refractivity contribution in [3.8, 4) is 11.1 Å². The summed E-state index contributed by atoms with van der Waals surface area (Å²) in [5, 5.41) is 12.8.